The van der Waals surface area contributed by atoms with Gasteiger partial charge in [-0.15, -0.1) is 0 Å². The minimum Gasteiger partial charge on any atom is -0.338 e. The van der Waals surface area contributed by atoms with Gasteiger partial charge in [0.15, 0.2) is 0 Å². The number of rotatable bonds is 2. The number of benzene rings is 1. The second-order valence-electron chi connectivity index (χ2n) is 5.14. The molecule has 2 atom stereocenters. The molecular formula is C14H18Cl2N2O. The van der Waals surface area contributed by atoms with Crippen molar-refractivity contribution in [3.63, 3.8) is 0 Å². The van der Waals surface area contributed by atoms with E-state index in [9.17, 15) is 4.79 Å². The molecule has 104 valence electrons. The first-order valence-corrected chi connectivity index (χ1v) is 7.24. The van der Waals surface area contributed by atoms with Crippen molar-refractivity contribution in [2.75, 3.05) is 13.1 Å². The van der Waals surface area contributed by atoms with E-state index in [2.05, 4.69) is 0 Å². The summed E-state index contributed by atoms with van der Waals surface area (Å²) in [7, 11) is 0. The van der Waals surface area contributed by atoms with Crippen molar-refractivity contribution >= 4 is 29.1 Å². The topological polar surface area (TPSA) is 46.3 Å². The van der Waals surface area contributed by atoms with Crippen molar-refractivity contribution in [2.45, 2.75) is 25.8 Å². The number of nitrogens with zero attached hydrogens (tertiary/aromatic N) is 1. The zero-order valence-electron chi connectivity index (χ0n) is 10.9. The monoisotopic (exact) mass is 300 g/mol. The SMILES string of the molecule is C[C@H](N)[C@H]1CCCN(C(=O)c2ccc(Cl)c(Cl)c2)C1. The molecule has 1 fully saturated rings. The first-order valence-electron chi connectivity index (χ1n) is 6.49. The summed E-state index contributed by atoms with van der Waals surface area (Å²) in [6.07, 6.45) is 2.09. The van der Waals surface area contributed by atoms with Crippen molar-refractivity contribution in [2.24, 2.45) is 11.7 Å². The minimum absolute atomic E-state index is 0.00363. The van der Waals surface area contributed by atoms with Gasteiger partial charge < -0.3 is 10.6 Å². The predicted molar refractivity (Wildman–Crippen MR) is 78.7 cm³/mol. The molecule has 0 bridgehead atoms. The number of carbonyl (C=O) groups is 1. The van der Waals surface area contributed by atoms with E-state index >= 15 is 0 Å². The lowest BCUT2D eigenvalue weighted by Gasteiger charge is -2.34. The molecule has 1 heterocycles. The average Bonchev–Trinajstić information content (AvgIpc) is 2.41. The summed E-state index contributed by atoms with van der Waals surface area (Å²) in [6, 6.07) is 5.11. The first kappa shape index (κ1) is 14.6. The normalized spacial score (nSPS) is 21.3. The zero-order chi connectivity index (χ0) is 14.0. The lowest BCUT2D eigenvalue weighted by atomic mass is 9.92. The van der Waals surface area contributed by atoms with Gasteiger partial charge in [-0.25, -0.2) is 0 Å². The van der Waals surface area contributed by atoms with Crippen LogP contribution in [0, 0.1) is 5.92 Å². The maximum atomic E-state index is 12.4. The molecule has 1 aliphatic rings. The van der Waals surface area contributed by atoms with Gasteiger partial charge in [0.1, 0.15) is 0 Å². The number of hydrogen-bond acceptors (Lipinski definition) is 2. The maximum Gasteiger partial charge on any atom is 0.253 e. The number of piperidine rings is 1. The van der Waals surface area contributed by atoms with E-state index in [0.29, 0.717) is 21.5 Å². The molecule has 5 heteroatoms. The number of hydrogen-bond donors (Lipinski definition) is 1. The zero-order valence-corrected chi connectivity index (χ0v) is 12.4. The standard InChI is InChI=1S/C14H18Cl2N2O/c1-9(17)11-3-2-6-18(8-11)14(19)10-4-5-12(15)13(16)7-10/h4-5,7,9,11H,2-3,6,8,17H2,1H3/t9-,11-/m0/s1. The summed E-state index contributed by atoms with van der Waals surface area (Å²) in [5.41, 5.74) is 6.52. The molecule has 0 radical (unpaired) electrons. The summed E-state index contributed by atoms with van der Waals surface area (Å²) < 4.78 is 0. The Morgan fingerprint density at radius 2 is 2.16 bits per heavy atom. The summed E-state index contributed by atoms with van der Waals surface area (Å²) in [5, 5.41) is 0.874. The van der Waals surface area contributed by atoms with Gasteiger partial charge in [0.05, 0.1) is 10.0 Å². The van der Waals surface area contributed by atoms with E-state index in [1.54, 1.807) is 18.2 Å². The van der Waals surface area contributed by atoms with Gasteiger partial charge in [-0.3, -0.25) is 4.79 Å². The Balaban J connectivity index is 2.12. The predicted octanol–water partition coefficient (Wildman–Crippen LogP) is 3.19. The van der Waals surface area contributed by atoms with Crippen molar-refractivity contribution in [1.82, 2.24) is 4.90 Å². The van der Waals surface area contributed by atoms with Crippen LogP contribution < -0.4 is 5.73 Å². The van der Waals surface area contributed by atoms with Crippen molar-refractivity contribution in [3.8, 4) is 0 Å². The lowest BCUT2D eigenvalue weighted by molar-refractivity contribution is 0.0661. The minimum atomic E-state index is 0.00363. The van der Waals surface area contributed by atoms with E-state index in [-0.39, 0.29) is 11.9 Å². The first-order chi connectivity index (χ1) is 8.99. The van der Waals surface area contributed by atoms with Crippen LogP contribution in [0.4, 0.5) is 0 Å². The van der Waals surface area contributed by atoms with Crippen LogP contribution in [0.15, 0.2) is 18.2 Å². The van der Waals surface area contributed by atoms with Gasteiger partial charge in [0, 0.05) is 24.7 Å². The van der Waals surface area contributed by atoms with E-state index in [1.807, 2.05) is 11.8 Å². The van der Waals surface area contributed by atoms with Crippen molar-refractivity contribution in [3.05, 3.63) is 33.8 Å². The summed E-state index contributed by atoms with van der Waals surface area (Å²) in [4.78, 5) is 14.3. The molecule has 0 saturated carbocycles. The summed E-state index contributed by atoms with van der Waals surface area (Å²) in [5.74, 6) is 0.379. The molecule has 0 spiro atoms. The Hall–Kier alpha value is -0.770. The number of carbonyl (C=O) groups excluding carboxylic acids is 1. The molecule has 2 N–H and O–H groups in total. The lowest BCUT2D eigenvalue weighted by Crippen LogP contribution is -2.45. The highest BCUT2D eigenvalue weighted by Gasteiger charge is 2.26. The van der Waals surface area contributed by atoms with Crippen LogP contribution in [-0.2, 0) is 0 Å². The molecule has 1 aromatic rings. The third-order valence-corrected chi connectivity index (χ3v) is 4.39. The number of halogens is 2. The van der Waals surface area contributed by atoms with Gasteiger partial charge in [-0.2, -0.15) is 0 Å². The van der Waals surface area contributed by atoms with E-state index in [4.69, 9.17) is 28.9 Å². The van der Waals surface area contributed by atoms with Crippen LogP contribution in [0.1, 0.15) is 30.1 Å². The Labute approximate surface area is 123 Å². The van der Waals surface area contributed by atoms with Crippen LogP contribution >= 0.6 is 23.2 Å². The molecule has 0 unspecified atom stereocenters. The Bertz CT molecular complexity index is 477. The Kier molecular flexibility index (Phi) is 4.71. The number of amides is 1. The molecular weight excluding hydrogens is 283 g/mol. The summed E-state index contributed by atoms with van der Waals surface area (Å²) in [6.45, 7) is 3.50. The molecule has 1 amide bonds. The fourth-order valence-electron chi connectivity index (χ4n) is 2.44. The second kappa shape index (κ2) is 6.12. The Morgan fingerprint density at radius 3 is 2.79 bits per heavy atom. The molecule has 3 nitrogen and oxygen atoms in total. The smallest absolute Gasteiger partial charge is 0.253 e. The van der Waals surface area contributed by atoms with E-state index in [1.165, 1.54) is 0 Å². The fourth-order valence-corrected chi connectivity index (χ4v) is 2.73. The van der Waals surface area contributed by atoms with Crippen molar-refractivity contribution in [1.29, 1.82) is 0 Å². The molecule has 1 aromatic carbocycles. The van der Waals surface area contributed by atoms with Gasteiger partial charge >= 0.3 is 0 Å². The third kappa shape index (κ3) is 3.41. The number of likely N-dealkylation sites (tertiary alicyclic amines) is 1. The highest BCUT2D eigenvalue weighted by atomic mass is 35.5. The molecule has 0 aliphatic carbocycles. The van der Waals surface area contributed by atoms with Crippen LogP contribution in [0.5, 0.6) is 0 Å². The molecule has 0 aromatic heterocycles. The quantitative estimate of drug-likeness (QED) is 0.912. The van der Waals surface area contributed by atoms with Gasteiger partial charge in [0.2, 0.25) is 0 Å². The van der Waals surface area contributed by atoms with Crippen molar-refractivity contribution < 1.29 is 4.79 Å². The maximum absolute atomic E-state index is 12.4. The molecule has 1 aliphatic heterocycles. The second-order valence-corrected chi connectivity index (χ2v) is 5.96. The van der Waals surface area contributed by atoms with E-state index in [0.717, 1.165) is 25.9 Å². The number of nitrogens with two attached hydrogens (primary N) is 1. The summed E-state index contributed by atoms with van der Waals surface area (Å²) >= 11 is 11.8. The van der Waals surface area contributed by atoms with Crippen LogP contribution in [0.2, 0.25) is 10.0 Å². The van der Waals surface area contributed by atoms with Crippen LogP contribution in [0.25, 0.3) is 0 Å². The fraction of sp³-hybridized carbons (Fsp3) is 0.500. The van der Waals surface area contributed by atoms with E-state index < -0.39 is 0 Å². The van der Waals surface area contributed by atoms with Gasteiger partial charge in [-0.05, 0) is 43.9 Å². The highest BCUT2D eigenvalue weighted by molar-refractivity contribution is 6.42. The Morgan fingerprint density at radius 1 is 1.42 bits per heavy atom. The van der Waals surface area contributed by atoms with Crippen LogP contribution in [0.3, 0.4) is 0 Å². The molecule has 2 rings (SSSR count). The van der Waals surface area contributed by atoms with Crippen LogP contribution in [-0.4, -0.2) is 29.9 Å². The van der Waals surface area contributed by atoms with Gasteiger partial charge in [-0.1, -0.05) is 23.2 Å². The average molecular weight is 301 g/mol. The molecule has 19 heavy (non-hydrogen) atoms. The third-order valence-electron chi connectivity index (χ3n) is 3.66. The largest absolute Gasteiger partial charge is 0.338 e. The highest BCUT2D eigenvalue weighted by Crippen LogP contribution is 2.25. The molecule has 1 saturated heterocycles. The van der Waals surface area contributed by atoms with Gasteiger partial charge in [0.25, 0.3) is 5.91 Å².